The van der Waals surface area contributed by atoms with Gasteiger partial charge in [0.1, 0.15) is 0 Å². The Morgan fingerprint density at radius 3 is 2.61 bits per heavy atom. The third kappa shape index (κ3) is 4.55. The van der Waals surface area contributed by atoms with Crippen LogP contribution in [0.2, 0.25) is 0 Å². The summed E-state index contributed by atoms with van der Waals surface area (Å²) in [7, 11) is 1.73. The largest absolute Gasteiger partial charge is 0.383 e. The number of hydrogen-bond donors (Lipinski definition) is 1. The van der Waals surface area contributed by atoms with Crippen LogP contribution in [0.1, 0.15) is 12.8 Å². The van der Waals surface area contributed by atoms with Crippen LogP contribution in [0.5, 0.6) is 0 Å². The zero-order valence-electron chi connectivity index (χ0n) is 11.4. The Balaban J connectivity index is 1.57. The number of amides is 1. The Kier molecular flexibility index (Phi) is 5.41. The highest BCUT2D eigenvalue weighted by Gasteiger charge is 2.23. The van der Waals surface area contributed by atoms with E-state index in [1.807, 2.05) is 4.90 Å². The van der Waals surface area contributed by atoms with E-state index in [1.54, 1.807) is 7.11 Å². The maximum Gasteiger partial charge on any atom is 0.236 e. The molecular weight excluding hydrogens is 230 g/mol. The summed E-state index contributed by atoms with van der Waals surface area (Å²) in [5.74, 6) is 1.09. The zero-order valence-corrected chi connectivity index (χ0v) is 11.4. The predicted molar refractivity (Wildman–Crippen MR) is 70.5 cm³/mol. The molecule has 5 heteroatoms. The van der Waals surface area contributed by atoms with Gasteiger partial charge in [0.15, 0.2) is 0 Å². The van der Waals surface area contributed by atoms with Crippen molar-refractivity contribution < 1.29 is 9.53 Å². The van der Waals surface area contributed by atoms with Crippen LogP contribution in [0, 0.1) is 5.92 Å². The van der Waals surface area contributed by atoms with E-state index >= 15 is 0 Å². The Morgan fingerprint density at radius 2 is 2.00 bits per heavy atom. The van der Waals surface area contributed by atoms with Gasteiger partial charge in [-0.15, -0.1) is 0 Å². The van der Waals surface area contributed by atoms with Gasteiger partial charge in [0.25, 0.3) is 0 Å². The van der Waals surface area contributed by atoms with Crippen molar-refractivity contribution in [2.75, 3.05) is 59.5 Å². The summed E-state index contributed by atoms with van der Waals surface area (Å²) in [4.78, 5) is 16.3. The average molecular weight is 255 g/mol. The first kappa shape index (κ1) is 13.8. The van der Waals surface area contributed by atoms with Gasteiger partial charge in [-0.2, -0.15) is 0 Å². The van der Waals surface area contributed by atoms with Crippen LogP contribution in [0.3, 0.4) is 0 Å². The SMILES string of the molecule is COCCN1CCN(C(=O)CNCC2CC2)CC1. The smallest absolute Gasteiger partial charge is 0.236 e. The molecule has 2 rings (SSSR count). The lowest BCUT2D eigenvalue weighted by Crippen LogP contribution is -2.51. The Morgan fingerprint density at radius 1 is 1.28 bits per heavy atom. The van der Waals surface area contributed by atoms with Crippen LogP contribution in [0.15, 0.2) is 0 Å². The molecule has 1 amide bonds. The van der Waals surface area contributed by atoms with Crippen molar-refractivity contribution in [2.45, 2.75) is 12.8 Å². The molecular formula is C13H25N3O2. The van der Waals surface area contributed by atoms with E-state index in [9.17, 15) is 4.79 Å². The molecule has 0 atom stereocenters. The molecule has 1 heterocycles. The van der Waals surface area contributed by atoms with Crippen molar-refractivity contribution in [1.29, 1.82) is 0 Å². The molecule has 0 bridgehead atoms. The maximum absolute atomic E-state index is 11.9. The Labute approximate surface area is 109 Å². The number of nitrogens with zero attached hydrogens (tertiary/aromatic N) is 2. The predicted octanol–water partition coefficient (Wildman–Crippen LogP) is -0.223. The van der Waals surface area contributed by atoms with Gasteiger partial charge >= 0.3 is 0 Å². The van der Waals surface area contributed by atoms with E-state index < -0.39 is 0 Å². The third-order valence-electron chi connectivity index (χ3n) is 3.74. The van der Waals surface area contributed by atoms with Gasteiger partial charge in [0, 0.05) is 39.8 Å². The van der Waals surface area contributed by atoms with Crippen LogP contribution in [-0.4, -0.2) is 75.2 Å². The molecule has 1 saturated carbocycles. The lowest BCUT2D eigenvalue weighted by atomic mass is 10.3. The minimum absolute atomic E-state index is 0.252. The Hall–Kier alpha value is -0.650. The van der Waals surface area contributed by atoms with Gasteiger partial charge < -0.3 is 15.0 Å². The molecule has 1 aliphatic heterocycles. The summed E-state index contributed by atoms with van der Waals surface area (Å²) in [6.45, 7) is 6.92. The van der Waals surface area contributed by atoms with E-state index in [0.29, 0.717) is 6.54 Å². The van der Waals surface area contributed by atoms with Crippen LogP contribution in [0.25, 0.3) is 0 Å². The highest BCUT2D eigenvalue weighted by molar-refractivity contribution is 5.78. The van der Waals surface area contributed by atoms with Crippen molar-refractivity contribution >= 4 is 5.91 Å². The van der Waals surface area contributed by atoms with Gasteiger partial charge in [0.2, 0.25) is 5.91 Å². The summed E-state index contributed by atoms with van der Waals surface area (Å²) in [5.41, 5.74) is 0. The van der Waals surface area contributed by atoms with Gasteiger partial charge in [-0.05, 0) is 25.3 Å². The van der Waals surface area contributed by atoms with E-state index in [4.69, 9.17) is 4.74 Å². The summed E-state index contributed by atoms with van der Waals surface area (Å²) < 4.78 is 5.07. The fraction of sp³-hybridized carbons (Fsp3) is 0.923. The first-order valence-electron chi connectivity index (χ1n) is 6.99. The molecule has 1 aliphatic carbocycles. The lowest BCUT2D eigenvalue weighted by Gasteiger charge is -2.34. The average Bonchev–Trinajstić information content (AvgIpc) is 3.21. The molecule has 1 saturated heterocycles. The molecule has 2 aliphatic rings. The van der Waals surface area contributed by atoms with Gasteiger partial charge in [-0.25, -0.2) is 0 Å². The molecule has 0 aromatic heterocycles. The monoisotopic (exact) mass is 255 g/mol. The zero-order chi connectivity index (χ0) is 12.8. The number of hydrogen-bond acceptors (Lipinski definition) is 4. The molecule has 2 fully saturated rings. The van der Waals surface area contributed by atoms with Crippen LogP contribution >= 0.6 is 0 Å². The van der Waals surface area contributed by atoms with E-state index in [0.717, 1.165) is 51.8 Å². The highest BCUT2D eigenvalue weighted by Crippen LogP contribution is 2.27. The molecule has 0 aromatic rings. The number of ether oxygens (including phenoxy) is 1. The van der Waals surface area contributed by atoms with Crippen LogP contribution < -0.4 is 5.32 Å². The number of carbonyl (C=O) groups is 1. The van der Waals surface area contributed by atoms with Crippen molar-refractivity contribution in [3.63, 3.8) is 0 Å². The molecule has 0 radical (unpaired) electrons. The quantitative estimate of drug-likeness (QED) is 0.683. The topological polar surface area (TPSA) is 44.8 Å². The number of carbonyl (C=O) groups excluding carboxylic acids is 1. The molecule has 104 valence electrons. The molecule has 18 heavy (non-hydrogen) atoms. The lowest BCUT2D eigenvalue weighted by molar-refractivity contribution is -0.132. The number of methoxy groups -OCH3 is 1. The summed E-state index contributed by atoms with van der Waals surface area (Å²) in [5, 5.41) is 3.27. The minimum Gasteiger partial charge on any atom is -0.383 e. The van der Waals surface area contributed by atoms with Gasteiger partial charge in [-0.3, -0.25) is 9.69 Å². The fourth-order valence-electron chi connectivity index (χ4n) is 2.26. The number of nitrogens with one attached hydrogen (secondary N) is 1. The second-order valence-electron chi connectivity index (χ2n) is 5.29. The van der Waals surface area contributed by atoms with Gasteiger partial charge in [0.05, 0.1) is 13.2 Å². The molecule has 1 N–H and O–H groups in total. The number of piperazine rings is 1. The van der Waals surface area contributed by atoms with E-state index in [-0.39, 0.29) is 5.91 Å². The van der Waals surface area contributed by atoms with Crippen molar-refractivity contribution in [2.24, 2.45) is 5.92 Å². The maximum atomic E-state index is 11.9. The summed E-state index contributed by atoms with van der Waals surface area (Å²) >= 11 is 0. The van der Waals surface area contributed by atoms with Crippen LogP contribution in [-0.2, 0) is 9.53 Å². The van der Waals surface area contributed by atoms with Crippen LogP contribution in [0.4, 0.5) is 0 Å². The third-order valence-corrected chi connectivity index (χ3v) is 3.74. The fourth-order valence-corrected chi connectivity index (χ4v) is 2.26. The molecule has 5 nitrogen and oxygen atoms in total. The van der Waals surface area contributed by atoms with Crippen molar-refractivity contribution in [3.8, 4) is 0 Å². The molecule has 0 unspecified atom stereocenters. The molecule has 0 aromatic carbocycles. The summed E-state index contributed by atoms with van der Waals surface area (Å²) in [6, 6.07) is 0. The van der Waals surface area contributed by atoms with Gasteiger partial charge in [-0.1, -0.05) is 0 Å². The highest BCUT2D eigenvalue weighted by atomic mass is 16.5. The van der Waals surface area contributed by atoms with E-state index in [1.165, 1.54) is 12.8 Å². The molecule has 0 spiro atoms. The first-order chi connectivity index (χ1) is 8.79. The normalized spacial score (nSPS) is 21.3. The second kappa shape index (κ2) is 7.07. The second-order valence-corrected chi connectivity index (χ2v) is 5.29. The van der Waals surface area contributed by atoms with E-state index in [2.05, 4.69) is 10.2 Å². The summed E-state index contributed by atoms with van der Waals surface area (Å²) in [6.07, 6.45) is 2.67. The van der Waals surface area contributed by atoms with Crippen molar-refractivity contribution in [3.05, 3.63) is 0 Å². The first-order valence-corrected chi connectivity index (χ1v) is 6.99. The van der Waals surface area contributed by atoms with Crippen molar-refractivity contribution in [1.82, 2.24) is 15.1 Å². The standard InChI is InChI=1S/C13H25N3O2/c1-18-9-8-15-4-6-16(7-5-15)13(17)11-14-10-12-2-3-12/h12,14H,2-11H2,1H3. The minimum atomic E-state index is 0.252. The number of rotatable bonds is 7. The Bertz CT molecular complexity index is 261.